The smallest absolute Gasteiger partial charge is 0.166 e. The van der Waals surface area contributed by atoms with Crippen molar-refractivity contribution in [2.24, 2.45) is 7.05 Å². The lowest BCUT2D eigenvalue weighted by Gasteiger charge is -2.10. The summed E-state index contributed by atoms with van der Waals surface area (Å²) in [4.78, 5) is 11.0. The molecule has 1 heterocycles. The molecule has 0 aliphatic carbocycles. The van der Waals surface area contributed by atoms with Crippen molar-refractivity contribution in [1.29, 1.82) is 0 Å². The number of fused-ring (bicyclic) bond motifs is 1. The first-order chi connectivity index (χ1) is 8.08. The minimum atomic E-state index is 0.433. The number of methoxy groups -OCH3 is 1. The summed E-state index contributed by atoms with van der Waals surface area (Å²) in [5.74, 6) is 1.26. The summed E-state index contributed by atoms with van der Waals surface area (Å²) in [6.07, 6.45) is 0.870. The Hall–Kier alpha value is -1.77. The zero-order chi connectivity index (χ0) is 12.6. The summed E-state index contributed by atoms with van der Waals surface area (Å²) in [6, 6.07) is 6.03. The Bertz CT molecular complexity index is 567. The van der Waals surface area contributed by atoms with Crippen molar-refractivity contribution < 1.29 is 9.53 Å². The molecule has 0 aliphatic rings. The summed E-state index contributed by atoms with van der Waals surface area (Å²) in [6.45, 7) is 4.29. The van der Waals surface area contributed by atoms with E-state index in [9.17, 15) is 4.79 Å². The molecule has 0 amide bonds. The summed E-state index contributed by atoms with van der Waals surface area (Å²) in [5.41, 5.74) is 2.92. The molecule has 0 unspecified atom stereocenters. The normalized spacial score (nSPS) is 11.1. The zero-order valence-electron chi connectivity index (χ0n) is 10.7. The molecule has 17 heavy (non-hydrogen) atoms. The Morgan fingerprint density at radius 1 is 1.29 bits per heavy atom. The van der Waals surface area contributed by atoms with Crippen LogP contribution in [0.25, 0.3) is 10.9 Å². The maximum Gasteiger partial charge on any atom is 0.166 e. The molecule has 0 spiro atoms. The fourth-order valence-electron chi connectivity index (χ4n) is 2.05. The standard InChI is InChI=1S/C14H17NO2/c1-9(2)10-5-13-12(14(6-10)17-4)7-11(8-16)15(13)3/h5-9H,1-4H3. The van der Waals surface area contributed by atoms with Gasteiger partial charge in [-0.25, -0.2) is 0 Å². The van der Waals surface area contributed by atoms with Crippen LogP contribution in [0.4, 0.5) is 0 Å². The third-order valence-corrected chi connectivity index (χ3v) is 3.19. The van der Waals surface area contributed by atoms with E-state index in [-0.39, 0.29) is 0 Å². The predicted molar refractivity (Wildman–Crippen MR) is 68.9 cm³/mol. The molecule has 0 saturated heterocycles. The topological polar surface area (TPSA) is 31.2 Å². The fourth-order valence-corrected chi connectivity index (χ4v) is 2.05. The molecule has 0 aliphatic heterocycles. The van der Waals surface area contributed by atoms with Gasteiger partial charge in [-0.15, -0.1) is 0 Å². The highest BCUT2D eigenvalue weighted by Crippen LogP contribution is 2.32. The minimum absolute atomic E-state index is 0.433. The molecule has 90 valence electrons. The Morgan fingerprint density at radius 3 is 2.53 bits per heavy atom. The second-order valence-corrected chi connectivity index (χ2v) is 4.56. The van der Waals surface area contributed by atoms with Gasteiger partial charge >= 0.3 is 0 Å². The van der Waals surface area contributed by atoms with E-state index >= 15 is 0 Å². The van der Waals surface area contributed by atoms with Crippen molar-refractivity contribution in [3.8, 4) is 5.75 Å². The second kappa shape index (κ2) is 4.24. The largest absolute Gasteiger partial charge is 0.496 e. The number of aromatic nitrogens is 1. The number of ether oxygens (including phenoxy) is 1. The molecule has 0 atom stereocenters. The number of aryl methyl sites for hydroxylation is 1. The Labute approximate surface area is 101 Å². The number of carbonyl (C=O) groups is 1. The van der Waals surface area contributed by atoms with Gasteiger partial charge in [0.1, 0.15) is 5.75 Å². The van der Waals surface area contributed by atoms with E-state index in [0.29, 0.717) is 11.6 Å². The Balaban J connectivity index is 2.80. The van der Waals surface area contributed by atoms with Gasteiger partial charge in [-0.3, -0.25) is 4.79 Å². The lowest BCUT2D eigenvalue weighted by molar-refractivity contribution is 0.111. The van der Waals surface area contributed by atoms with Gasteiger partial charge in [0, 0.05) is 12.4 Å². The molecule has 2 aromatic rings. The molecule has 1 aromatic heterocycles. The number of aldehydes is 1. The highest BCUT2D eigenvalue weighted by atomic mass is 16.5. The van der Waals surface area contributed by atoms with Gasteiger partial charge in [0.15, 0.2) is 6.29 Å². The minimum Gasteiger partial charge on any atom is -0.496 e. The summed E-state index contributed by atoms with van der Waals surface area (Å²) in [7, 11) is 3.56. The highest BCUT2D eigenvalue weighted by Gasteiger charge is 2.12. The maximum absolute atomic E-state index is 11.0. The first kappa shape index (κ1) is 11.7. The molecule has 2 rings (SSSR count). The average molecular weight is 231 g/mol. The van der Waals surface area contributed by atoms with Gasteiger partial charge in [-0.1, -0.05) is 13.8 Å². The van der Waals surface area contributed by atoms with E-state index in [4.69, 9.17) is 4.74 Å². The van der Waals surface area contributed by atoms with Crippen LogP contribution in [-0.2, 0) is 7.05 Å². The lowest BCUT2D eigenvalue weighted by Crippen LogP contribution is -1.95. The van der Waals surface area contributed by atoms with Gasteiger partial charge < -0.3 is 9.30 Å². The molecular formula is C14H17NO2. The molecule has 0 radical (unpaired) electrons. The van der Waals surface area contributed by atoms with Crippen LogP contribution < -0.4 is 4.74 Å². The summed E-state index contributed by atoms with van der Waals surface area (Å²) < 4.78 is 7.30. The van der Waals surface area contributed by atoms with Crippen molar-refractivity contribution >= 4 is 17.2 Å². The van der Waals surface area contributed by atoms with Crippen LogP contribution in [0.15, 0.2) is 18.2 Å². The van der Waals surface area contributed by atoms with Crippen molar-refractivity contribution in [3.05, 3.63) is 29.5 Å². The molecule has 0 bridgehead atoms. The van der Waals surface area contributed by atoms with Crippen LogP contribution in [0.5, 0.6) is 5.75 Å². The van der Waals surface area contributed by atoms with E-state index in [2.05, 4.69) is 19.9 Å². The molecule has 3 heteroatoms. The number of rotatable bonds is 3. The summed E-state index contributed by atoms with van der Waals surface area (Å²) >= 11 is 0. The fraction of sp³-hybridized carbons (Fsp3) is 0.357. The SMILES string of the molecule is COc1cc(C(C)C)cc2c1cc(C=O)n2C. The first-order valence-corrected chi connectivity index (χ1v) is 5.71. The van der Waals surface area contributed by atoms with E-state index in [1.54, 1.807) is 7.11 Å². The lowest BCUT2D eigenvalue weighted by atomic mass is 10.0. The van der Waals surface area contributed by atoms with Crippen LogP contribution in [0, 0.1) is 0 Å². The molecule has 1 aromatic carbocycles. The predicted octanol–water partition coefficient (Wildman–Crippen LogP) is 3.12. The van der Waals surface area contributed by atoms with Gasteiger partial charge in [-0.05, 0) is 29.7 Å². The van der Waals surface area contributed by atoms with Crippen LogP contribution in [0.2, 0.25) is 0 Å². The molecule has 0 saturated carbocycles. The quantitative estimate of drug-likeness (QED) is 0.760. The van der Waals surface area contributed by atoms with Crippen molar-refractivity contribution in [2.75, 3.05) is 7.11 Å². The van der Waals surface area contributed by atoms with E-state index in [1.165, 1.54) is 5.56 Å². The van der Waals surface area contributed by atoms with Crippen LogP contribution in [-0.4, -0.2) is 18.0 Å². The van der Waals surface area contributed by atoms with Crippen molar-refractivity contribution in [1.82, 2.24) is 4.57 Å². The van der Waals surface area contributed by atoms with Crippen LogP contribution in [0.1, 0.15) is 35.8 Å². The number of nitrogens with zero attached hydrogens (tertiary/aromatic N) is 1. The zero-order valence-corrected chi connectivity index (χ0v) is 10.7. The Morgan fingerprint density at radius 2 is 2.00 bits per heavy atom. The van der Waals surface area contributed by atoms with Crippen molar-refractivity contribution in [2.45, 2.75) is 19.8 Å². The molecule has 0 N–H and O–H groups in total. The third-order valence-electron chi connectivity index (χ3n) is 3.19. The summed E-state index contributed by atoms with van der Waals surface area (Å²) in [5, 5.41) is 0.988. The van der Waals surface area contributed by atoms with E-state index < -0.39 is 0 Å². The molecular weight excluding hydrogens is 214 g/mol. The molecule has 3 nitrogen and oxygen atoms in total. The number of hydrogen-bond acceptors (Lipinski definition) is 2. The first-order valence-electron chi connectivity index (χ1n) is 5.71. The van der Waals surface area contributed by atoms with Gasteiger partial charge in [-0.2, -0.15) is 0 Å². The molecule has 0 fully saturated rings. The maximum atomic E-state index is 11.0. The average Bonchev–Trinajstić information content (AvgIpc) is 2.65. The van der Waals surface area contributed by atoms with E-state index in [0.717, 1.165) is 22.9 Å². The van der Waals surface area contributed by atoms with Gasteiger partial charge in [0.2, 0.25) is 0 Å². The van der Waals surface area contributed by atoms with Gasteiger partial charge in [0.05, 0.1) is 18.3 Å². The third kappa shape index (κ3) is 1.82. The monoisotopic (exact) mass is 231 g/mol. The Kier molecular flexibility index (Phi) is 2.92. The number of carbonyl (C=O) groups excluding carboxylic acids is 1. The number of hydrogen-bond donors (Lipinski definition) is 0. The highest BCUT2D eigenvalue weighted by molar-refractivity contribution is 5.93. The van der Waals surface area contributed by atoms with Gasteiger partial charge in [0.25, 0.3) is 0 Å². The van der Waals surface area contributed by atoms with E-state index in [1.807, 2.05) is 23.7 Å². The number of benzene rings is 1. The van der Waals surface area contributed by atoms with Crippen LogP contribution in [0.3, 0.4) is 0 Å². The second-order valence-electron chi connectivity index (χ2n) is 4.56. The van der Waals surface area contributed by atoms with Crippen LogP contribution >= 0.6 is 0 Å². The van der Waals surface area contributed by atoms with Crippen molar-refractivity contribution in [3.63, 3.8) is 0 Å².